The first kappa shape index (κ1) is 5.98. The maximum absolute atomic E-state index is 3.20. The van der Waals surface area contributed by atoms with Gasteiger partial charge in [-0.25, -0.2) is 0 Å². The number of likely N-dealkylation sites (tertiary alicyclic amines) is 1. The zero-order chi connectivity index (χ0) is 6.81. The van der Waals surface area contributed by atoms with E-state index in [0.29, 0.717) is 0 Å². The van der Waals surface area contributed by atoms with Crippen LogP contribution >= 0.6 is 0 Å². The van der Waals surface area contributed by atoms with Crippen molar-refractivity contribution in [3.63, 3.8) is 0 Å². The molecule has 0 amide bonds. The lowest BCUT2D eigenvalue weighted by Crippen LogP contribution is -2.44. The molecule has 0 atom stereocenters. The summed E-state index contributed by atoms with van der Waals surface area (Å²) in [5.74, 6) is 0. The van der Waals surface area contributed by atoms with Gasteiger partial charge in [-0.05, 0) is 24.8 Å². The van der Waals surface area contributed by atoms with Gasteiger partial charge < -0.3 is 5.32 Å². The molecule has 0 spiro atoms. The molecule has 0 aliphatic carbocycles. The third-order valence-electron chi connectivity index (χ3n) is 1.89. The summed E-state index contributed by atoms with van der Waals surface area (Å²) >= 11 is 0. The van der Waals surface area contributed by atoms with E-state index in [1.165, 1.54) is 25.7 Å². The Morgan fingerprint density at radius 2 is 2.20 bits per heavy atom. The lowest BCUT2D eigenvalue weighted by atomic mass is 10.2. The third kappa shape index (κ3) is 0.948. The van der Waals surface area contributed by atoms with Crippen molar-refractivity contribution in [2.24, 2.45) is 0 Å². The molecule has 1 radical (unpaired) electrons. The lowest BCUT2D eigenvalue weighted by Gasteiger charge is -2.36. The SMILES string of the molecule is C1=CN[C](N2CCC2)C=C1. The molecular weight excluding hydrogens is 124 g/mol. The van der Waals surface area contributed by atoms with Crippen LogP contribution in [0.5, 0.6) is 0 Å². The average molecular weight is 135 g/mol. The first-order chi connectivity index (χ1) is 4.97. The van der Waals surface area contributed by atoms with Gasteiger partial charge in [-0.2, -0.15) is 0 Å². The quantitative estimate of drug-likeness (QED) is 0.573. The van der Waals surface area contributed by atoms with Gasteiger partial charge in [0.2, 0.25) is 0 Å². The minimum atomic E-state index is 1.21. The van der Waals surface area contributed by atoms with E-state index in [-0.39, 0.29) is 0 Å². The van der Waals surface area contributed by atoms with Crippen LogP contribution in [0.2, 0.25) is 0 Å². The van der Waals surface area contributed by atoms with Crippen molar-refractivity contribution in [3.8, 4) is 0 Å². The van der Waals surface area contributed by atoms with Crippen LogP contribution in [0.4, 0.5) is 0 Å². The van der Waals surface area contributed by atoms with Crippen LogP contribution in [0.1, 0.15) is 6.42 Å². The van der Waals surface area contributed by atoms with Gasteiger partial charge in [-0.1, -0.05) is 6.08 Å². The van der Waals surface area contributed by atoms with Crippen molar-refractivity contribution in [2.45, 2.75) is 6.42 Å². The fraction of sp³-hybridized carbons (Fsp3) is 0.375. The summed E-state index contributed by atoms with van der Waals surface area (Å²) < 4.78 is 0. The number of hydrogen-bond donors (Lipinski definition) is 1. The first-order valence-corrected chi connectivity index (χ1v) is 3.68. The number of allylic oxidation sites excluding steroid dienone is 2. The molecule has 0 aromatic carbocycles. The summed E-state index contributed by atoms with van der Waals surface area (Å²) in [4.78, 5) is 2.33. The molecule has 2 rings (SSSR count). The van der Waals surface area contributed by atoms with E-state index in [4.69, 9.17) is 0 Å². The normalized spacial score (nSPS) is 26.0. The Hall–Kier alpha value is -0.760. The standard InChI is InChI=1S/C8H11N2/c1-2-5-9-8(4-1)10-6-3-7-10/h1-2,4-5,9H,3,6-7H2. The summed E-state index contributed by atoms with van der Waals surface area (Å²) in [6, 6.07) is 0. The van der Waals surface area contributed by atoms with Gasteiger partial charge in [0.1, 0.15) is 0 Å². The number of rotatable bonds is 1. The maximum atomic E-state index is 3.20. The van der Waals surface area contributed by atoms with Crippen molar-refractivity contribution in [3.05, 3.63) is 30.6 Å². The van der Waals surface area contributed by atoms with Crippen LogP contribution in [0, 0.1) is 6.17 Å². The summed E-state index contributed by atoms with van der Waals surface area (Å²) in [7, 11) is 0. The fourth-order valence-electron chi connectivity index (χ4n) is 1.14. The molecule has 2 nitrogen and oxygen atoms in total. The van der Waals surface area contributed by atoms with Crippen LogP contribution in [-0.2, 0) is 0 Å². The predicted molar refractivity (Wildman–Crippen MR) is 40.8 cm³/mol. The van der Waals surface area contributed by atoms with E-state index < -0.39 is 0 Å². The molecule has 0 saturated carbocycles. The molecule has 1 N–H and O–H groups in total. The lowest BCUT2D eigenvalue weighted by molar-refractivity contribution is 0.192. The Morgan fingerprint density at radius 3 is 2.70 bits per heavy atom. The molecule has 0 unspecified atom stereocenters. The molecule has 2 aliphatic rings. The zero-order valence-electron chi connectivity index (χ0n) is 5.88. The molecule has 53 valence electrons. The number of nitrogens with one attached hydrogen (secondary N) is 1. The number of hydrogen-bond acceptors (Lipinski definition) is 2. The average Bonchev–Trinajstić information content (AvgIpc) is 1.86. The molecule has 0 aromatic heterocycles. The van der Waals surface area contributed by atoms with Crippen molar-refractivity contribution in [1.82, 2.24) is 10.2 Å². The highest BCUT2D eigenvalue weighted by Gasteiger charge is 2.22. The minimum Gasteiger partial charge on any atom is -0.367 e. The van der Waals surface area contributed by atoms with E-state index in [1.807, 2.05) is 12.3 Å². The minimum absolute atomic E-state index is 1.21. The summed E-state index contributed by atoms with van der Waals surface area (Å²) in [5, 5.41) is 3.20. The van der Waals surface area contributed by atoms with Crippen LogP contribution in [-0.4, -0.2) is 18.0 Å². The highest BCUT2D eigenvalue weighted by Crippen LogP contribution is 2.17. The van der Waals surface area contributed by atoms with Gasteiger partial charge >= 0.3 is 0 Å². The van der Waals surface area contributed by atoms with Crippen molar-refractivity contribution < 1.29 is 0 Å². The van der Waals surface area contributed by atoms with Crippen LogP contribution < -0.4 is 5.32 Å². The molecule has 1 fully saturated rings. The molecule has 0 bridgehead atoms. The van der Waals surface area contributed by atoms with E-state index in [9.17, 15) is 0 Å². The van der Waals surface area contributed by atoms with E-state index in [2.05, 4.69) is 22.4 Å². The summed E-state index contributed by atoms with van der Waals surface area (Å²) in [6.45, 7) is 2.42. The Morgan fingerprint density at radius 1 is 1.30 bits per heavy atom. The molecule has 10 heavy (non-hydrogen) atoms. The maximum Gasteiger partial charge on any atom is 0.152 e. The Kier molecular flexibility index (Phi) is 1.47. The van der Waals surface area contributed by atoms with Gasteiger partial charge in [0, 0.05) is 13.1 Å². The number of nitrogens with zero attached hydrogens (tertiary/aromatic N) is 1. The highest BCUT2D eigenvalue weighted by molar-refractivity contribution is 5.21. The fourth-order valence-corrected chi connectivity index (χ4v) is 1.14. The van der Waals surface area contributed by atoms with Crippen molar-refractivity contribution >= 4 is 0 Å². The second kappa shape index (κ2) is 2.46. The van der Waals surface area contributed by atoms with Gasteiger partial charge in [0.25, 0.3) is 0 Å². The van der Waals surface area contributed by atoms with Crippen LogP contribution in [0.25, 0.3) is 0 Å². The van der Waals surface area contributed by atoms with E-state index in [0.717, 1.165) is 0 Å². The van der Waals surface area contributed by atoms with Gasteiger partial charge in [0.15, 0.2) is 6.17 Å². The largest absolute Gasteiger partial charge is 0.367 e. The first-order valence-electron chi connectivity index (χ1n) is 3.68. The number of dihydropyridines is 1. The molecule has 2 aliphatic heterocycles. The molecule has 2 heteroatoms. The smallest absolute Gasteiger partial charge is 0.152 e. The van der Waals surface area contributed by atoms with E-state index in [1.54, 1.807) is 0 Å². The Balaban J connectivity index is 1.92. The highest BCUT2D eigenvalue weighted by atomic mass is 15.3. The monoisotopic (exact) mass is 135 g/mol. The predicted octanol–water partition coefficient (Wildman–Crippen LogP) is 0.855. The van der Waals surface area contributed by atoms with Crippen molar-refractivity contribution in [2.75, 3.05) is 13.1 Å². The third-order valence-corrected chi connectivity index (χ3v) is 1.89. The van der Waals surface area contributed by atoms with Gasteiger partial charge in [-0.3, -0.25) is 4.90 Å². The molecule has 2 heterocycles. The molecular formula is C8H11N2. The second-order valence-corrected chi connectivity index (χ2v) is 2.59. The summed E-state index contributed by atoms with van der Waals surface area (Å²) in [5.41, 5.74) is 0. The second-order valence-electron chi connectivity index (χ2n) is 2.59. The van der Waals surface area contributed by atoms with Gasteiger partial charge in [0.05, 0.1) is 0 Å². The van der Waals surface area contributed by atoms with Gasteiger partial charge in [-0.15, -0.1) is 0 Å². The topological polar surface area (TPSA) is 15.3 Å². The van der Waals surface area contributed by atoms with Crippen LogP contribution in [0.3, 0.4) is 0 Å². The van der Waals surface area contributed by atoms with E-state index >= 15 is 0 Å². The Bertz CT molecular complexity index is 168. The summed E-state index contributed by atoms with van der Waals surface area (Å²) in [6.07, 6.45) is 10.7. The Labute approximate surface area is 61.2 Å². The zero-order valence-corrected chi connectivity index (χ0v) is 5.88. The van der Waals surface area contributed by atoms with Crippen molar-refractivity contribution in [1.29, 1.82) is 0 Å². The molecule has 0 aromatic rings. The van der Waals surface area contributed by atoms with Crippen LogP contribution in [0.15, 0.2) is 24.4 Å². The molecule has 1 saturated heterocycles.